The van der Waals surface area contributed by atoms with Crippen LogP contribution in [0, 0.1) is 0 Å². The predicted molar refractivity (Wildman–Crippen MR) is 289 cm³/mol. The van der Waals surface area contributed by atoms with E-state index in [1.54, 1.807) is 0 Å². The highest BCUT2D eigenvalue weighted by atomic mass is 16.6. The van der Waals surface area contributed by atoms with Gasteiger partial charge in [-0.2, -0.15) is 0 Å². The number of hydrogen-bond donors (Lipinski definition) is 0. The number of carbonyl (C=O) groups is 3. The van der Waals surface area contributed by atoms with Gasteiger partial charge in [0.15, 0.2) is 6.10 Å². The molecule has 0 spiro atoms. The Labute approximate surface area is 417 Å². The Balaban J connectivity index is 4.31. The number of rotatable bonds is 55. The van der Waals surface area contributed by atoms with Crippen LogP contribution in [-0.4, -0.2) is 37.2 Å². The van der Waals surface area contributed by atoms with Gasteiger partial charge in [0.2, 0.25) is 0 Å². The summed E-state index contributed by atoms with van der Waals surface area (Å²) in [5.41, 5.74) is 0. The lowest BCUT2D eigenvalue weighted by molar-refractivity contribution is -0.167. The summed E-state index contributed by atoms with van der Waals surface area (Å²) in [5, 5.41) is 0. The molecule has 0 aromatic rings. The van der Waals surface area contributed by atoms with Crippen molar-refractivity contribution in [1.29, 1.82) is 0 Å². The zero-order valence-electron chi connectivity index (χ0n) is 45.2. The largest absolute Gasteiger partial charge is 0.462 e. The van der Waals surface area contributed by atoms with Crippen LogP contribution in [0.3, 0.4) is 0 Å². The third-order valence-corrected chi connectivity index (χ3v) is 13.5. The van der Waals surface area contributed by atoms with Gasteiger partial charge in [0.25, 0.3) is 0 Å². The van der Waals surface area contributed by atoms with E-state index >= 15 is 0 Å². The molecule has 0 unspecified atom stereocenters. The van der Waals surface area contributed by atoms with Crippen LogP contribution >= 0.6 is 0 Å². The van der Waals surface area contributed by atoms with Gasteiger partial charge in [-0.3, -0.25) is 14.4 Å². The summed E-state index contributed by atoms with van der Waals surface area (Å²) < 4.78 is 16.9. The van der Waals surface area contributed by atoms with E-state index in [2.05, 4.69) is 45.1 Å². The molecule has 394 valence electrons. The molecule has 0 amide bonds. The number of hydrogen-bond acceptors (Lipinski definition) is 6. The molecule has 6 nitrogen and oxygen atoms in total. The summed E-state index contributed by atoms with van der Waals surface area (Å²) >= 11 is 0. The van der Waals surface area contributed by atoms with Gasteiger partial charge in [-0.15, -0.1) is 0 Å². The fourth-order valence-corrected chi connectivity index (χ4v) is 8.95. The van der Waals surface area contributed by atoms with Crippen molar-refractivity contribution in [3.05, 3.63) is 24.3 Å². The first-order valence-corrected chi connectivity index (χ1v) is 29.8. The van der Waals surface area contributed by atoms with Crippen molar-refractivity contribution in [1.82, 2.24) is 0 Å². The molecule has 0 heterocycles. The molecule has 6 heteroatoms. The topological polar surface area (TPSA) is 78.9 Å². The number of unbranched alkanes of at least 4 members (excludes halogenated alkanes) is 40. The first-order valence-electron chi connectivity index (χ1n) is 29.8. The highest BCUT2D eigenvalue weighted by molar-refractivity contribution is 5.71. The maximum atomic E-state index is 12.9. The Hall–Kier alpha value is -2.11. The van der Waals surface area contributed by atoms with Crippen molar-refractivity contribution < 1.29 is 28.6 Å². The lowest BCUT2D eigenvalue weighted by atomic mass is 10.0. The molecule has 0 aliphatic heterocycles. The Morgan fingerprint density at radius 2 is 0.537 bits per heavy atom. The lowest BCUT2D eigenvalue weighted by Crippen LogP contribution is -2.30. The summed E-state index contributed by atoms with van der Waals surface area (Å²) in [6.07, 6.45) is 66.0. The fraction of sp³-hybridized carbons (Fsp3) is 0.885. The minimum absolute atomic E-state index is 0.0688. The van der Waals surface area contributed by atoms with Crippen molar-refractivity contribution in [2.45, 2.75) is 335 Å². The highest BCUT2D eigenvalue weighted by Crippen LogP contribution is 2.17. The third-order valence-electron chi connectivity index (χ3n) is 13.5. The molecule has 0 aromatic heterocycles. The summed E-state index contributed by atoms with van der Waals surface area (Å²) in [6.45, 7) is 6.66. The normalized spacial score (nSPS) is 12.1. The van der Waals surface area contributed by atoms with Crippen LogP contribution in [0.2, 0.25) is 0 Å². The van der Waals surface area contributed by atoms with Crippen LogP contribution in [0.25, 0.3) is 0 Å². The van der Waals surface area contributed by atoms with Gasteiger partial charge in [0, 0.05) is 19.3 Å². The average Bonchev–Trinajstić information content (AvgIpc) is 3.33. The van der Waals surface area contributed by atoms with Crippen LogP contribution in [0.15, 0.2) is 24.3 Å². The molecule has 67 heavy (non-hydrogen) atoms. The Morgan fingerprint density at radius 1 is 0.299 bits per heavy atom. The quantitative estimate of drug-likeness (QED) is 0.0262. The van der Waals surface area contributed by atoms with Crippen molar-refractivity contribution in [3.63, 3.8) is 0 Å². The van der Waals surface area contributed by atoms with Gasteiger partial charge in [0.1, 0.15) is 13.2 Å². The zero-order chi connectivity index (χ0) is 48.6. The van der Waals surface area contributed by atoms with Crippen LogP contribution in [0.1, 0.15) is 329 Å². The number of allylic oxidation sites excluding steroid dienone is 4. The van der Waals surface area contributed by atoms with Gasteiger partial charge >= 0.3 is 17.9 Å². The molecule has 1 atom stereocenters. The Morgan fingerprint density at radius 3 is 0.851 bits per heavy atom. The van der Waals surface area contributed by atoms with Gasteiger partial charge in [-0.05, 0) is 51.4 Å². The molecule has 0 N–H and O–H groups in total. The molecule has 0 bridgehead atoms. The van der Waals surface area contributed by atoms with Crippen LogP contribution in [-0.2, 0) is 28.6 Å². The molecule has 0 radical (unpaired) electrons. The molecule has 0 aliphatic carbocycles. The Bertz CT molecular complexity index is 1080. The smallest absolute Gasteiger partial charge is 0.306 e. The number of carbonyl (C=O) groups excluding carboxylic acids is 3. The summed E-state index contributed by atoms with van der Waals surface area (Å²) in [4.78, 5) is 38.2. The Kier molecular flexibility index (Phi) is 54.7. The number of esters is 3. The standard InChI is InChI=1S/C61H114O6/c1-4-7-10-13-16-19-22-25-27-29-30-32-33-36-39-42-45-48-51-54-60(63)66-57-58(56-65-59(62)53-50-47-44-41-38-35-24-21-18-15-12-9-6-3)67-61(64)55-52-49-46-43-40-37-34-31-28-26-23-20-17-14-11-8-5-2/h17,20,26,28,58H,4-16,18-19,21-25,27,29-57H2,1-3H3/b20-17+,28-26+/t58-/m1/s1. The number of ether oxygens (including phenoxy) is 3. The molecule has 0 aromatic carbocycles. The predicted octanol–water partition coefficient (Wildman–Crippen LogP) is 19.9. The average molecular weight is 944 g/mol. The maximum absolute atomic E-state index is 12.9. The maximum Gasteiger partial charge on any atom is 0.306 e. The molecule has 0 fully saturated rings. The highest BCUT2D eigenvalue weighted by Gasteiger charge is 2.19. The van der Waals surface area contributed by atoms with Crippen LogP contribution in [0.4, 0.5) is 0 Å². The molecule has 0 saturated carbocycles. The molecular formula is C61H114O6. The van der Waals surface area contributed by atoms with Crippen molar-refractivity contribution in [2.24, 2.45) is 0 Å². The second-order valence-corrected chi connectivity index (χ2v) is 20.3. The van der Waals surface area contributed by atoms with Gasteiger partial charge in [-0.1, -0.05) is 283 Å². The molecular weight excluding hydrogens is 829 g/mol. The summed E-state index contributed by atoms with van der Waals surface area (Å²) in [5.74, 6) is -0.853. The van der Waals surface area contributed by atoms with E-state index in [1.807, 2.05) is 0 Å². The van der Waals surface area contributed by atoms with E-state index < -0.39 is 6.10 Å². The monoisotopic (exact) mass is 943 g/mol. The first-order chi connectivity index (χ1) is 33.0. The van der Waals surface area contributed by atoms with Crippen LogP contribution in [0.5, 0.6) is 0 Å². The van der Waals surface area contributed by atoms with Crippen molar-refractivity contribution in [2.75, 3.05) is 13.2 Å². The van der Waals surface area contributed by atoms with Crippen molar-refractivity contribution in [3.8, 4) is 0 Å². The van der Waals surface area contributed by atoms with Gasteiger partial charge < -0.3 is 14.2 Å². The fourth-order valence-electron chi connectivity index (χ4n) is 8.95. The van der Waals surface area contributed by atoms with E-state index in [1.165, 1.54) is 218 Å². The zero-order valence-corrected chi connectivity index (χ0v) is 45.2. The minimum atomic E-state index is -0.770. The van der Waals surface area contributed by atoms with E-state index in [0.717, 1.165) is 70.6 Å². The van der Waals surface area contributed by atoms with E-state index in [4.69, 9.17) is 14.2 Å². The summed E-state index contributed by atoms with van der Waals surface area (Å²) in [7, 11) is 0. The van der Waals surface area contributed by atoms with Crippen LogP contribution < -0.4 is 0 Å². The molecule has 0 saturated heterocycles. The molecule has 0 rings (SSSR count). The SMILES string of the molecule is CCCCC/C=C/C/C=C/CCCCCCCCCC(=O)O[C@H](COC(=O)CCCCCCCCCCCCCCC)COC(=O)CCCCCCCCCCCCCCCCCCCCC. The second-order valence-electron chi connectivity index (χ2n) is 20.3. The second kappa shape index (κ2) is 56.5. The van der Waals surface area contributed by atoms with E-state index in [-0.39, 0.29) is 31.1 Å². The lowest BCUT2D eigenvalue weighted by Gasteiger charge is -2.18. The molecule has 0 aliphatic rings. The van der Waals surface area contributed by atoms with E-state index in [0.29, 0.717) is 19.3 Å². The van der Waals surface area contributed by atoms with Crippen molar-refractivity contribution >= 4 is 17.9 Å². The summed E-state index contributed by atoms with van der Waals surface area (Å²) in [6, 6.07) is 0. The van der Waals surface area contributed by atoms with Gasteiger partial charge in [-0.25, -0.2) is 0 Å². The van der Waals surface area contributed by atoms with Gasteiger partial charge in [0.05, 0.1) is 0 Å². The minimum Gasteiger partial charge on any atom is -0.462 e. The first kappa shape index (κ1) is 64.9. The third kappa shape index (κ3) is 54.7. The van der Waals surface area contributed by atoms with E-state index in [9.17, 15) is 14.4 Å².